The van der Waals surface area contributed by atoms with Crippen LogP contribution in [-0.4, -0.2) is 58.8 Å². The first kappa shape index (κ1) is 24.5. The normalized spacial score (nSPS) is 15.0. The molecule has 1 aromatic carbocycles. The molecule has 2 aliphatic heterocycles. The lowest BCUT2D eigenvalue weighted by Crippen LogP contribution is -2.49. The Morgan fingerprint density at radius 2 is 1.95 bits per heavy atom. The molecule has 0 spiro atoms. The number of aromatic nitrogens is 3. The van der Waals surface area contributed by atoms with Crippen molar-refractivity contribution < 1.29 is 9.53 Å². The van der Waals surface area contributed by atoms with Gasteiger partial charge >= 0.3 is 0 Å². The Kier molecular flexibility index (Phi) is 7.14. The van der Waals surface area contributed by atoms with Crippen LogP contribution in [0.25, 0.3) is 0 Å². The second-order valence-electron chi connectivity index (χ2n) is 9.31. The third-order valence-electron chi connectivity index (χ3n) is 7.05. The summed E-state index contributed by atoms with van der Waals surface area (Å²) in [7, 11) is 0. The summed E-state index contributed by atoms with van der Waals surface area (Å²) in [6, 6.07) is 11.9. The number of H-pyrrole nitrogens is 1. The number of fused-ring (bicyclic) bond motifs is 1. The monoisotopic (exact) mass is 499 g/mol. The van der Waals surface area contributed by atoms with Gasteiger partial charge in [0.1, 0.15) is 11.9 Å². The average molecular weight is 500 g/mol. The summed E-state index contributed by atoms with van der Waals surface area (Å²) in [5, 5.41) is 15.4. The van der Waals surface area contributed by atoms with E-state index in [0.29, 0.717) is 63.5 Å². The highest BCUT2D eigenvalue weighted by Gasteiger charge is 2.24. The molecule has 4 heterocycles. The van der Waals surface area contributed by atoms with Crippen LogP contribution in [0.4, 0.5) is 11.5 Å². The third kappa shape index (κ3) is 5.32. The molecule has 3 aromatic rings. The lowest BCUT2D eigenvalue weighted by molar-refractivity contribution is -0.132. The molecule has 0 atom stereocenters. The predicted octanol–water partition coefficient (Wildman–Crippen LogP) is 2.12. The van der Waals surface area contributed by atoms with E-state index in [1.165, 1.54) is 11.1 Å². The summed E-state index contributed by atoms with van der Waals surface area (Å²) in [5.41, 5.74) is 5.39. The number of nitriles is 1. The molecule has 10 nitrogen and oxygen atoms in total. The number of piperazine rings is 1. The molecule has 37 heavy (non-hydrogen) atoms. The molecule has 2 aliphatic rings. The van der Waals surface area contributed by atoms with Gasteiger partial charge in [0.15, 0.2) is 0 Å². The third-order valence-corrected chi connectivity index (χ3v) is 7.05. The van der Waals surface area contributed by atoms with Crippen molar-refractivity contribution in [3.8, 4) is 6.07 Å². The first-order chi connectivity index (χ1) is 18.0. The SMILES string of the molecule is Cc1c(N2Cc3cccc(COCCC(=O)N4CCN(c5ccc(C#N)cn5)CC4)c3C2)cn[nH]c1=O. The van der Waals surface area contributed by atoms with Gasteiger partial charge in [-0.2, -0.15) is 10.4 Å². The highest BCUT2D eigenvalue weighted by molar-refractivity contribution is 5.76. The Morgan fingerprint density at radius 1 is 1.11 bits per heavy atom. The van der Waals surface area contributed by atoms with E-state index >= 15 is 0 Å². The van der Waals surface area contributed by atoms with Crippen LogP contribution < -0.4 is 15.4 Å². The first-order valence-corrected chi connectivity index (χ1v) is 12.4. The van der Waals surface area contributed by atoms with Gasteiger partial charge in [-0.05, 0) is 35.7 Å². The van der Waals surface area contributed by atoms with Gasteiger partial charge in [0, 0.05) is 51.0 Å². The van der Waals surface area contributed by atoms with Crippen molar-refractivity contribution in [3.05, 3.63) is 80.9 Å². The molecule has 2 aromatic heterocycles. The summed E-state index contributed by atoms with van der Waals surface area (Å²) in [6.45, 7) is 6.72. The van der Waals surface area contributed by atoms with Crippen LogP contribution in [0.2, 0.25) is 0 Å². The zero-order valence-corrected chi connectivity index (χ0v) is 20.8. The molecule has 1 N–H and O–H groups in total. The zero-order chi connectivity index (χ0) is 25.8. The molecule has 0 unspecified atom stereocenters. The molecule has 0 bridgehead atoms. The number of nitrogens with zero attached hydrogens (tertiary/aromatic N) is 6. The van der Waals surface area contributed by atoms with Crippen LogP contribution in [0.1, 0.15) is 34.2 Å². The fourth-order valence-electron chi connectivity index (χ4n) is 4.89. The Morgan fingerprint density at radius 3 is 2.70 bits per heavy atom. The van der Waals surface area contributed by atoms with E-state index in [-0.39, 0.29) is 11.5 Å². The lowest BCUT2D eigenvalue weighted by atomic mass is 10.0. The van der Waals surface area contributed by atoms with E-state index in [0.717, 1.165) is 23.6 Å². The molecule has 0 radical (unpaired) electrons. The van der Waals surface area contributed by atoms with Gasteiger partial charge in [-0.15, -0.1) is 0 Å². The zero-order valence-electron chi connectivity index (χ0n) is 20.8. The molecular weight excluding hydrogens is 470 g/mol. The summed E-state index contributed by atoms with van der Waals surface area (Å²) < 4.78 is 5.92. The minimum absolute atomic E-state index is 0.0918. The van der Waals surface area contributed by atoms with Crippen LogP contribution in [-0.2, 0) is 29.2 Å². The number of carbonyl (C=O) groups is 1. The minimum Gasteiger partial charge on any atom is -0.376 e. The Balaban J connectivity index is 1.09. The van der Waals surface area contributed by atoms with Crippen LogP contribution in [0.3, 0.4) is 0 Å². The van der Waals surface area contributed by atoms with Gasteiger partial charge in [0.25, 0.3) is 5.56 Å². The highest BCUT2D eigenvalue weighted by Crippen LogP contribution is 2.31. The van der Waals surface area contributed by atoms with Crippen LogP contribution in [0.15, 0.2) is 47.5 Å². The van der Waals surface area contributed by atoms with Gasteiger partial charge in [-0.25, -0.2) is 10.1 Å². The summed E-state index contributed by atoms with van der Waals surface area (Å²) >= 11 is 0. The van der Waals surface area contributed by atoms with E-state index < -0.39 is 0 Å². The molecule has 5 rings (SSSR count). The molecule has 1 saturated heterocycles. The van der Waals surface area contributed by atoms with Crippen LogP contribution >= 0.6 is 0 Å². The van der Waals surface area contributed by atoms with Gasteiger partial charge in [-0.1, -0.05) is 18.2 Å². The van der Waals surface area contributed by atoms with E-state index in [1.807, 2.05) is 24.0 Å². The number of rotatable bonds is 7. The maximum atomic E-state index is 12.7. The molecule has 1 fully saturated rings. The number of pyridine rings is 1. The van der Waals surface area contributed by atoms with Crippen molar-refractivity contribution in [3.63, 3.8) is 0 Å². The van der Waals surface area contributed by atoms with E-state index in [9.17, 15) is 9.59 Å². The summed E-state index contributed by atoms with van der Waals surface area (Å²) in [4.78, 5) is 35.2. The Labute approximate surface area is 215 Å². The van der Waals surface area contributed by atoms with E-state index in [2.05, 4.69) is 43.2 Å². The molecule has 0 aliphatic carbocycles. The molecule has 0 saturated carbocycles. The summed E-state index contributed by atoms with van der Waals surface area (Å²) in [6.07, 6.45) is 3.61. The number of hydrogen-bond donors (Lipinski definition) is 1. The maximum absolute atomic E-state index is 12.7. The highest BCUT2D eigenvalue weighted by atomic mass is 16.5. The van der Waals surface area contributed by atoms with Crippen molar-refractivity contribution in [1.29, 1.82) is 5.26 Å². The van der Waals surface area contributed by atoms with Crippen molar-refractivity contribution in [2.45, 2.75) is 33.0 Å². The maximum Gasteiger partial charge on any atom is 0.269 e. The van der Waals surface area contributed by atoms with Crippen molar-refractivity contribution >= 4 is 17.4 Å². The predicted molar refractivity (Wildman–Crippen MR) is 138 cm³/mol. The largest absolute Gasteiger partial charge is 0.376 e. The number of anilines is 2. The Hall–Kier alpha value is -4.23. The van der Waals surface area contributed by atoms with E-state index in [1.54, 1.807) is 18.5 Å². The molecule has 1 amide bonds. The second kappa shape index (κ2) is 10.8. The van der Waals surface area contributed by atoms with E-state index in [4.69, 9.17) is 10.00 Å². The number of aromatic amines is 1. The number of nitrogens with one attached hydrogen (secondary N) is 1. The number of ether oxygens (including phenoxy) is 1. The van der Waals surface area contributed by atoms with Crippen LogP contribution in [0.5, 0.6) is 0 Å². The topological polar surface area (TPSA) is 118 Å². The molecular formula is C27H29N7O3. The Bertz CT molecular complexity index is 1370. The van der Waals surface area contributed by atoms with Gasteiger partial charge < -0.3 is 19.4 Å². The van der Waals surface area contributed by atoms with Crippen LogP contribution in [0, 0.1) is 18.3 Å². The standard InChI is InChI=1S/C27H29N7O3/c1-19-24(15-30-31-27(19)36)34-16-21-3-2-4-22(23(21)17-34)18-37-12-7-26(35)33-10-8-32(9-11-33)25-6-5-20(13-28)14-29-25/h2-6,14-15H,7-12,16-18H2,1H3,(H,31,36). The van der Waals surface area contributed by atoms with Crippen molar-refractivity contribution in [2.75, 3.05) is 42.6 Å². The molecule has 190 valence electrons. The van der Waals surface area contributed by atoms with Crippen molar-refractivity contribution in [1.82, 2.24) is 20.1 Å². The fourth-order valence-corrected chi connectivity index (χ4v) is 4.89. The van der Waals surface area contributed by atoms with Gasteiger partial charge in [0.05, 0.1) is 37.1 Å². The quantitative estimate of drug-likeness (QED) is 0.491. The smallest absolute Gasteiger partial charge is 0.269 e. The minimum atomic E-state index is -0.172. The van der Waals surface area contributed by atoms with Crippen molar-refractivity contribution in [2.24, 2.45) is 0 Å². The lowest BCUT2D eigenvalue weighted by Gasteiger charge is -2.35. The summed E-state index contributed by atoms with van der Waals surface area (Å²) in [5.74, 6) is 0.919. The average Bonchev–Trinajstić information content (AvgIpc) is 3.37. The molecule has 10 heteroatoms. The first-order valence-electron chi connectivity index (χ1n) is 12.4. The van der Waals surface area contributed by atoms with Gasteiger partial charge in [0.2, 0.25) is 5.91 Å². The fraction of sp³-hybridized carbons (Fsp3) is 0.370. The number of benzene rings is 1. The number of carbonyl (C=O) groups excluding carboxylic acids is 1. The second-order valence-corrected chi connectivity index (χ2v) is 9.31. The van der Waals surface area contributed by atoms with Gasteiger partial charge in [-0.3, -0.25) is 9.59 Å². The number of amides is 1. The number of hydrogen-bond acceptors (Lipinski definition) is 8.